The average Bonchev–Trinajstić information content (AvgIpc) is 0.811. The Labute approximate surface area is 97.4 Å². The van der Waals surface area contributed by atoms with Gasteiger partial charge in [-0.05, 0) is 0 Å². The summed E-state index contributed by atoms with van der Waals surface area (Å²) < 4.78 is 0. The van der Waals surface area contributed by atoms with Gasteiger partial charge in [-0.25, -0.2) is 0 Å². The molecule has 0 fully saturated rings. The van der Waals surface area contributed by atoms with Crippen molar-refractivity contribution in [3.05, 3.63) is 0 Å². The van der Waals surface area contributed by atoms with E-state index in [1.807, 2.05) is 0 Å². The topological polar surface area (TPSA) is 35.0 Å². The molecule has 1 radical (unpaired) electrons. The first kappa shape index (κ1) is 16.1. The van der Waals surface area contributed by atoms with E-state index in [4.69, 9.17) is 28.3 Å². The summed E-state index contributed by atoms with van der Waals surface area (Å²) >= 11 is -1.85. The summed E-state index contributed by atoms with van der Waals surface area (Å²) in [5, 5.41) is 0. The molecule has 0 saturated carbocycles. The summed E-state index contributed by atoms with van der Waals surface area (Å²) in [6.45, 7) is 0. The Hall–Kier alpha value is 3.15. The molecule has 3 N–H and O–H groups in total. The molecule has 0 aromatic heterocycles. The molecular weight excluding hydrogens is 355 g/mol. The molecule has 0 atom stereocenters. The van der Waals surface area contributed by atoms with E-state index in [1.165, 1.54) is 0 Å². The molecule has 6 heavy (non-hydrogen) atoms. The van der Waals surface area contributed by atoms with Gasteiger partial charge in [0.25, 0.3) is 0 Å². The number of hydrogen-bond donors (Lipinski definition) is 1. The molecule has 0 aromatic carbocycles. The Bertz CT molecular complexity index is 15.5. The van der Waals surface area contributed by atoms with Gasteiger partial charge in [-0.3, -0.25) is 0 Å². The van der Waals surface area contributed by atoms with Crippen molar-refractivity contribution in [3.63, 3.8) is 0 Å². The Morgan fingerprint density at radius 1 is 1.00 bits per heavy atom. The maximum atomic E-state index is 4.96. The van der Waals surface area contributed by atoms with E-state index in [1.54, 1.807) is 0 Å². The van der Waals surface area contributed by atoms with Crippen LogP contribution >= 0.6 is 28.3 Å². The van der Waals surface area contributed by atoms with Gasteiger partial charge in [0.05, 0.1) is 0 Å². The third-order valence-corrected chi connectivity index (χ3v) is 0. The van der Waals surface area contributed by atoms with Crippen molar-refractivity contribution in [3.8, 4) is 0 Å². The van der Waals surface area contributed by atoms with Gasteiger partial charge in [0.1, 0.15) is 0 Å². The van der Waals surface area contributed by atoms with Crippen LogP contribution in [0.25, 0.3) is 0 Å². The normalized spacial score (nSPS) is 7.50. The molecule has 0 aliphatic heterocycles. The van der Waals surface area contributed by atoms with E-state index in [9.17, 15) is 0 Å². The second kappa shape index (κ2) is 11.0. The van der Waals surface area contributed by atoms with Gasteiger partial charge in [0.15, 0.2) is 0 Å². The van der Waals surface area contributed by atoms with Gasteiger partial charge in [-0.2, -0.15) is 0 Å². The maximum Gasteiger partial charge on any atom is 0 e. The summed E-state index contributed by atoms with van der Waals surface area (Å²) in [5.74, 6) is 0. The largest absolute Gasteiger partial charge is 0 e. The van der Waals surface area contributed by atoms with Crippen LogP contribution in [-0.2, 0) is 14.2 Å². The van der Waals surface area contributed by atoms with Crippen LogP contribution in [0.15, 0.2) is 0 Å². The Balaban J connectivity index is -0.0000000450. The molecule has 1 nitrogen and oxygen atoms in total. The Kier molecular flexibility index (Phi) is 29.5. The molecule has 0 aliphatic rings. The van der Waals surface area contributed by atoms with Crippen molar-refractivity contribution < 1.29 is 14.2 Å². The summed E-state index contributed by atoms with van der Waals surface area (Å²) in [7, 11) is 14.9. The van der Waals surface area contributed by atoms with E-state index < -0.39 is 14.2 Å². The van der Waals surface area contributed by atoms with Crippen LogP contribution in [0, 0.1) is 0 Å². The number of halogens is 3. The Morgan fingerprint density at radius 3 is 1.00 bits per heavy atom. The quantitative estimate of drug-likeness (QED) is 0.660. The van der Waals surface area contributed by atoms with E-state index in [-0.39, 0.29) is 57.5 Å². The molecular formula is H3Cl3KNPt. The molecule has 0 amide bonds. The molecule has 6 heteroatoms. The van der Waals surface area contributed by atoms with Crippen LogP contribution in [-0.4, -0.2) is 51.4 Å². The first-order valence-corrected chi connectivity index (χ1v) is 8.81. The average molecular weight is 358 g/mol. The fourth-order valence-electron chi connectivity index (χ4n) is 0. The number of rotatable bonds is 0. The molecule has 0 aromatic rings. The molecule has 40 valence electrons. The molecule has 0 bridgehead atoms. The smallest absolute Gasteiger partial charge is 0 e. The third kappa shape index (κ3) is 27.2. The Morgan fingerprint density at radius 2 is 1.00 bits per heavy atom. The van der Waals surface area contributed by atoms with Crippen LogP contribution in [0.3, 0.4) is 0 Å². The van der Waals surface area contributed by atoms with Crippen molar-refractivity contribution in [2.45, 2.75) is 0 Å². The summed E-state index contributed by atoms with van der Waals surface area (Å²) in [4.78, 5) is 0. The molecule has 0 unspecified atom stereocenters. The second-order valence-corrected chi connectivity index (χ2v) is 9.98. The molecule has 0 aliphatic carbocycles. The van der Waals surface area contributed by atoms with Crippen LogP contribution in [0.2, 0.25) is 0 Å². The van der Waals surface area contributed by atoms with Crippen molar-refractivity contribution >= 4 is 79.6 Å². The van der Waals surface area contributed by atoms with Gasteiger partial charge in [0, 0.05) is 51.4 Å². The summed E-state index contributed by atoms with van der Waals surface area (Å²) in [5.41, 5.74) is 0. The second-order valence-electron chi connectivity index (χ2n) is 0.136. The predicted molar refractivity (Wildman–Crippen MR) is 28.3 cm³/mol. The van der Waals surface area contributed by atoms with Gasteiger partial charge < -0.3 is 6.15 Å². The predicted octanol–water partition coefficient (Wildman–Crippen LogP) is 1.85. The standard InChI is InChI=1S/3ClH.K.H3N.Pt/h3*1H;;1H3;/q;;;;;+3/p-3. The zero-order chi connectivity index (χ0) is 3.58. The summed E-state index contributed by atoms with van der Waals surface area (Å²) in [6.07, 6.45) is 0. The van der Waals surface area contributed by atoms with Gasteiger partial charge in [-0.1, -0.05) is 0 Å². The number of hydrogen-bond acceptors (Lipinski definition) is 1. The van der Waals surface area contributed by atoms with Gasteiger partial charge in [0.2, 0.25) is 0 Å². The first-order valence-electron chi connectivity index (χ1n) is 0.359. The van der Waals surface area contributed by atoms with Crippen molar-refractivity contribution in [2.75, 3.05) is 0 Å². The van der Waals surface area contributed by atoms with Crippen LogP contribution < -0.4 is 6.15 Å². The first-order chi connectivity index (χ1) is 1.73. The van der Waals surface area contributed by atoms with E-state index in [0.29, 0.717) is 0 Å². The fourth-order valence-corrected chi connectivity index (χ4v) is 0. The fraction of sp³-hybridized carbons (Fsp3) is 0. The van der Waals surface area contributed by atoms with Crippen molar-refractivity contribution in [2.24, 2.45) is 0 Å². The molecule has 0 spiro atoms. The minimum atomic E-state index is -1.85. The van der Waals surface area contributed by atoms with E-state index >= 15 is 0 Å². The van der Waals surface area contributed by atoms with Gasteiger partial charge >= 0.3 is 42.4 Å². The zero-order valence-electron chi connectivity index (χ0n) is 3.16. The van der Waals surface area contributed by atoms with E-state index in [2.05, 4.69) is 0 Å². The maximum absolute atomic E-state index is 4.96. The van der Waals surface area contributed by atoms with Crippen molar-refractivity contribution in [1.82, 2.24) is 6.15 Å². The monoisotopic (exact) mass is 356 g/mol. The van der Waals surface area contributed by atoms with Gasteiger partial charge in [-0.15, -0.1) is 0 Å². The van der Waals surface area contributed by atoms with Crippen LogP contribution in [0.4, 0.5) is 0 Å². The van der Waals surface area contributed by atoms with Crippen LogP contribution in [0.1, 0.15) is 0 Å². The zero-order valence-corrected chi connectivity index (χ0v) is 10.8. The van der Waals surface area contributed by atoms with Crippen molar-refractivity contribution in [1.29, 1.82) is 0 Å². The van der Waals surface area contributed by atoms with E-state index in [0.717, 1.165) is 0 Å². The minimum absolute atomic E-state index is 0. The molecule has 0 heterocycles. The van der Waals surface area contributed by atoms with Crippen LogP contribution in [0.5, 0.6) is 0 Å². The third-order valence-electron chi connectivity index (χ3n) is 0. The molecule has 0 saturated heterocycles. The summed E-state index contributed by atoms with van der Waals surface area (Å²) in [6, 6.07) is 0. The SMILES string of the molecule is N.[Cl][Pt]([Cl])[Cl].[K]. The minimum Gasteiger partial charge on any atom is 0 e. The molecule has 0 rings (SSSR count).